The fraction of sp³-hybridized carbons (Fsp3) is 0.231. The minimum Gasteiger partial charge on any atom is -0.497 e. The van der Waals surface area contributed by atoms with Crippen molar-refractivity contribution in [2.45, 2.75) is 6.42 Å². The van der Waals surface area contributed by atoms with Crippen molar-refractivity contribution in [1.29, 1.82) is 0 Å². The van der Waals surface area contributed by atoms with Gasteiger partial charge in [-0.05, 0) is 47.7 Å². The molecule has 0 atom stereocenters. The lowest BCUT2D eigenvalue weighted by Gasteiger charge is -2.13. The van der Waals surface area contributed by atoms with E-state index in [1.165, 1.54) is 4.88 Å². The topological polar surface area (TPSA) is 74.7 Å². The quantitative estimate of drug-likeness (QED) is 0.321. The molecule has 0 radical (unpaired) electrons. The highest BCUT2D eigenvalue weighted by molar-refractivity contribution is 7.09. The van der Waals surface area contributed by atoms with E-state index >= 15 is 0 Å². The van der Waals surface area contributed by atoms with Crippen LogP contribution >= 0.6 is 11.3 Å². The van der Waals surface area contributed by atoms with Gasteiger partial charge in [-0.1, -0.05) is 12.1 Å². The average Bonchev–Trinajstić information content (AvgIpc) is 3.39. The molecule has 0 amide bonds. The summed E-state index contributed by atoms with van der Waals surface area (Å²) >= 11 is 1.75. The Labute approximate surface area is 203 Å². The van der Waals surface area contributed by atoms with E-state index in [4.69, 9.17) is 28.9 Å². The Morgan fingerprint density at radius 2 is 1.59 bits per heavy atom. The van der Waals surface area contributed by atoms with Gasteiger partial charge in [0.05, 0.1) is 34.0 Å². The molecule has 0 unspecified atom stereocenters. The van der Waals surface area contributed by atoms with Gasteiger partial charge in [-0.25, -0.2) is 9.97 Å². The number of anilines is 1. The number of rotatable bonds is 10. The molecule has 4 rings (SSSR count). The van der Waals surface area contributed by atoms with E-state index in [0.29, 0.717) is 28.8 Å². The summed E-state index contributed by atoms with van der Waals surface area (Å²) in [5.74, 6) is 3.99. The van der Waals surface area contributed by atoms with Crippen molar-refractivity contribution in [3.8, 4) is 23.0 Å². The molecular weight excluding hydrogens is 450 g/mol. The summed E-state index contributed by atoms with van der Waals surface area (Å²) in [4.78, 5) is 10.8. The van der Waals surface area contributed by atoms with Gasteiger partial charge in [0.25, 0.3) is 0 Å². The number of hydrogen-bond donors (Lipinski definition) is 1. The first-order chi connectivity index (χ1) is 16.6. The Kier molecular flexibility index (Phi) is 7.49. The van der Waals surface area contributed by atoms with Gasteiger partial charge in [0.1, 0.15) is 17.3 Å². The molecule has 4 aromatic rings. The van der Waals surface area contributed by atoms with E-state index in [1.807, 2.05) is 42.5 Å². The Bertz CT molecular complexity index is 1270. The van der Waals surface area contributed by atoms with Crippen LogP contribution in [-0.2, 0) is 6.42 Å². The lowest BCUT2D eigenvalue weighted by molar-refractivity contribution is 0.356. The van der Waals surface area contributed by atoms with Crippen LogP contribution in [-0.4, -0.2) is 45.0 Å². The third kappa shape index (κ3) is 5.40. The summed E-state index contributed by atoms with van der Waals surface area (Å²) in [6, 6.07) is 13.7. The fourth-order valence-electron chi connectivity index (χ4n) is 3.54. The van der Waals surface area contributed by atoms with Crippen LogP contribution < -0.4 is 24.3 Å². The fourth-order valence-corrected chi connectivity index (χ4v) is 4.25. The zero-order valence-electron chi connectivity index (χ0n) is 19.6. The molecule has 0 saturated heterocycles. The van der Waals surface area contributed by atoms with Gasteiger partial charge in [0.15, 0.2) is 17.3 Å². The van der Waals surface area contributed by atoms with Crippen LogP contribution in [0, 0.1) is 0 Å². The van der Waals surface area contributed by atoms with Gasteiger partial charge in [0, 0.05) is 28.9 Å². The molecule has 8 heteroatoms. The molecule has 0 aliphatic rings. The standard InChI is InChI=1S/C26H27N3O4S/c1-30-18-12-17(13-19(14-18)31-2)7-8-25-28-22-16-24(33-4)23(32-3)15-21(22)26(29-25)27-10-9-20-6-5-11-34-20/h5-8,11-16H,9-10H2,1-4H3,(H,27,28,29)/b8-7+. The first-order valence-corrected chi connectivity index (χ1v) is 11.6. The van der Waals surface area contributed by atoms with Crippen molar-refractivity contribution in [3.63, 3.8) is 0 Å². The molecule has 0 aliphatic heterocycles. The average molecular weight is 478 g/mol. The Balaban J connectivity index is 1.70. The number of nitrogens with one attached hydrogen (secondary N) is 1. The molecule has 176 valence electrons. The lowest BCUT2D eigenvalue weighted by Crippen LogP contribution is -2.08. The number of hydrogen-bond acceptors (Lipinski definition) is 8. The first kappa shape index (κ1) is 23.4. The van der Waals surface area contributed by atoms with Crippen LogP contribution in [0.1, 0.15) is 16.3 Å². The van der Waals surface area contributed by atoms with Crippen molar-refractivity contribution >= 4 is 40.2 Å². The molecule has 1 N–H and O–H groups in total. The second-order valence-corrected chi connectivity index (χ2v) is 8.42. The zero-order chi connectivity index (χ0) is 23.9. The molecule has 2 aromatic carbocycles. The summed E-state index contributed by atoms with van der Waals surface area (Å²) in [5, 5.41) is 6.43. The third-order valence-corrected chi connectivity index (χ3v) is 6.20. The number of benzene rings is 2. The Morgan fingerprint density at radius 3 is 2.24 bits per heavy atom. The molecule has 0 spiro atoms. The summed E-state index contributed by atoms with van der Waals surface area (Å²) in [7, 11) is 6.49. The van der Waals surface area contributed by atoms with Gasteiger partial charge < -0.3 is 24.3 Å². The van der Waals surface area contributed by atoms with Crippen molar-refractivity contribution in [3.05, 3.63) is 64.1 Å². The smallest absolute Gasteiger partial charge is 0.162 e. The largest absolute Gasteiger partial charge is 0.497 e. The maximum absolute atomic E-state index is 5.50. The predicted octanol–water partition coefficient (Wildman–Crippen LogP) is 5.55. The van der Waals surface area contributed by atoms with E-state index in [0.717, 1.165) is 35.2 Å². The van der Waals surface area contributed by atoms with Crippen molar-refractivity contribution in [1.82, 2.24) is 9.97 Å². The van der Waals surface area contributed by atoms with Crippen molar-refractivity contribution < 1.29 is 18.9 Å². The van der Waals surface area contributed by atoms with Crippen molar-refractivity contribution in [2.75, 3.05) is 40.3 Å². The molecule has 0 aliphatic carbocycles. The molecule has 2 aromatic heterocycles. The Morgan fingerprint density at radius 1 is 0.853 bits per heavy atom. The van der Waals surface area contributed by atoms with Crippen LogP contribution in [0.5, 0.6) is 23.0 Å². The number of thiophene rings is 1. The normalized spacial score (nSPS) is 11.1. The first-order valence-electron chi connectivity index (χ1n) is 10.7. The number of fused-ring (bicyclic) bond motifs is 1. The zero-order valence-corrected chi connectivity index (χ0v) is 20.4. The summed E-state index contributed by atoms with van der Waals surface area (Å²) in [6.45, 7) is 0.747. The SMILES string of the molecule is COc1cc(/C=C/c2nc(NCCc3cccs3)c3cc(OC)c(OC)cc3n2)cc(OC)c1. The molecule has 0 fully saturated rings. The summed E-state index contributed by atoms with van der Waals surface area (Å²) in [5.41, 5.74) is 1.67. The lowest BCUT2D eigenvalue weighted by atomic mass is 10.1. The minimum atomic E-state index is 0.570. The number of ether oxygens (including phenoxy) is 4. The van der Waals surface area contributed by atoms with E-state index in [1.54, 1.807) is 39.8 Å². The van der Waals surface area contributed by atoms with E-state index < -0.39 is 0 Å². The van der Waals surface area contributed by atoms with Crippen LogP contribution in [0.15, 0.2) is 47.8 Å². The highest BCUT2D eigenvalue weighted by Gasteiger charge is 2.13. The second-order valence-electron chi connectivity index (χ2n) is 7.39. The highest BCUT2D eigenvalue weighted by Crippen LogP contribution is 2.34. The Hall–Kier alpha value is -3.78. The van der Waals surface area contributed by atoms with Gasteiger partial charge in [0.2, 0.25) is 0 Å². The molecule has 34 heavy (non-hydrogen) atoms. The van der Waals surface area contributed by atoms with Gasteiger partial charge >= 0.3 is 0 Å². The van der Waals surface area contributed by atoms with E-state index in [9.17, 15) is 0 Å². The minimum absolute atomic E-state index is 0.570. The molecule has 0 saturated carbocycles. The monoisotopic (exact) mass is 477 g/mol. The predicted molar refractivity (Wildman–Crippen MR) is 138 cm³/mol. The van der Waals surface area contributed by atoms with Crippen LogP contribution in [0.3, 0.4) is 0 Å². The maximum Gasteiger partial charge on any atom is 0.162 e. The molecule has 0 bridgehead atoms. The number of nitrogens with zero attached hydrogens (tertiary/aromatic N) is 2. The van der Waals surface area contributed by atoms with Crippen LogP contribution in [0.2, 0.25) is 0 Å². The van der Waals surface area contributed by atoms with Crippen molar-refractivity contribution in [2.24, 2.45) is 0 Å². The number of methoxy groups -OCH3 is 4. The van der Waals surface area contributed by atoms with E-state index in [2.05, 4.69) is 22.8 Å². The van der Waals surface area contributed by atoms with Gasteiger partial charge in [-0.15, -0.1) is 11.3 Å². The maximum atomic E-state index is 5.50. The van der Waals surface area contributed by atoms with Gasteiger partial charge in [-0.3, -0.25) is 0 Å². The van der Waals surface area contributed by atoms with Gasteiger partial charge in [-0.2, -0.15) is 0 Å². The molecule has 2 heterocycles. The second kappa shape index (κ2) is 10.9. The summed E-state index contributed by atoms with van der Waals surface area (Å²) in [6.07, 6.45) is 4.71. The van der Waals surface area contributed by atoms with Crippen LogP contribution in [0.25, 0.3) is 23.1 Å². The molecule has 7 nitrogen and oxygen atoms in total. The number of aromatic nitrogens is 2. The molecular formula is C26H27N3O4S. The highest BCUT2D eigenvalue weighted by atomic mass is 32.1. The van der Waals surface area contributed by atoms with E-state index in [-0.39, 0.29) is 0 Å². The van der Waals surface area contributed by atoms with Crippen LogP contribution in [0.4, 0.5) is 5.82 Å². The summed E-state index contributed by atoms with van der Waals surface area (Å²) < 4.78 is 21.7. The third-order valence-electron chi connectivity index (χ3n) is 5.26.